The molecule has 0 nitrogen and oxygen atoms in total. The van der Waals surface area contributed by atoms with Crippen molar-refractivity contribution in [1.29, 1.82) is 0 Å². The molecule has 0 aliphatic heterocycles. The molecular weight excluding hydrogens is 190 g/mol. The minimum atomic E-state index is -0.0783. The summed E-state index contributed by atoms with van der Waals surface area (Å²) in [6, 6.07) is 0. The molecule has 0 atom stereocenters. The minimum absolute atomic E-state index is 0.0783. The van der Waals surface area contributed by atoms with Gasteiger partial charge in [-0.1, -0.05) is 25.4 Å². The SMILES string of the molecule is CC(C)(CCl)/C(=C/Cl)CCl. The third-order valence-electron chi connectivity index (χ3n) is 1.48. The predicted octanol–water partition coefficient (Wildman–Crippen LogP) is 3.61. The van der Waals surface area contributed by atoms with E-state index in [9.17, 15) is 0 Å². The maximum absolute atomic E-state index is 5.69. The van der Waals surface area contributed by atoms with Gasteiger partial charge in [0.2, 0.25) is 0 Å². The largest absolute Gasteiger partial charge is 0.126 e. The van der Waals surface area contributed by atoms with Crippen LogP contribution >= 0.6 is 34.8 Å². The van der Waals surface area contributed by atoms with Gasteiger partial charge in [-0.3, -0.25) is 0 Å². The summed E-state index contributed by atoms with van der Waals surface area (Å²) in [6.07, 6.45) is 0. The van der Waals surface area contributed by atoms with Crippen LogP contribution in [0.2, 0.25) is 0 Å². The van der Waals surface area contributed by atoms with Gasteiger partial charge in [0, 0.05) is 22.7 Å². The van der Waals surface area contributed by atoms with Gasteiger partial charge in [-0.05, 0) is 5.57 Å². The first-order valence-electron chi connectivity index (χ1n) is 3.00. The molecule has 0 fully saturated rings. The molecule has 0 aromatic carbocycles. The Kier molecular flexibility index (Phi) is 4.75. The van der Waals surface area contributed by atoms with Crippen LogP contribution < -0.4 is 0 Å². The predicted molar refractivity (Wildman–Crippen MR) is 49.2 cm³/mol. The Balaban J connectivity index is 4.28. The van der Waals surface area contributed by atoms with Crippen molar-refractivity contribution in [1.82, 2.24) is 0 Å². The Morgan fingerprint density at radius 1 is 1.40 bits per heavy atom. The Hall–Kier alpha value is 0.610. The molecule has 0 spiro atoms. The maximum atomic E-state index is 5.69. The van der Waals surface area contributed by atoms with Gasteiger partial charge in [-0.25, -0.2) is 0 Å². The van der Waals surface area contributed by atoms with Crippen LogP contribution in [0.1, 0.15) is 13.8 Å². The van der Waals surface area contributed by atoms with Crippen LogP contribution in [0.5, 0.6) is 0 Å². The Labute approximate surface area is 77.1 Å². The van der Waals surface area contributed by atoms with Gasteiger partial charge in [0.25, 0.3) is 0 Å². The van der Waals surface area contributed by atoms with E-state index in [0.717, 1.165) is 5.57 Å². The highest BCUT2D eigenvalue weighted by molar-refractivity contribution is 6.27. The highest BCUT2D eigenvalue weighted by Gasteiger charge is 2.20. The monoisotopic (exact) mass is 200 g/mol. The molecule has 0 aliphatic carbocycles. The first-order chi connectivity index (χ1) is 4.58. The Morgan fingerprint density at radius 2 is 1.90 bits per heavy atom. The number of halogens is 3. The van der Waals surface area contributed by atoms with Crippen molar-refractivity contribution in [2.75, 3.05) is 11.8 Å². The molecule has 0 bridgehead atoms. The fourth-order valence-corrected chi connectivity index (χ4v) is 1.51. The van der Waals surface area contributed by atoms with E-state index in [2.05, 4.69) is 0 Å². The fourth-order valence-electron chi connectivity index (χ4n) is 0.444. The van der Waals surface area contributed by atoms with Gasteiger partial charge in [-0.15, -0.1) is 23.2 Å². The van der Waals surface area contributed by atoms with E-state index >= 15 is 0 Å². The van der Waals surface area contributed by atoms with Crippen molar-refractivity contribution in [2.24, 2.45) is 5.41 Å². The summed E-state index contributed by atoms with van der Waals surface area (Å²) in [5.41, 5.74) is 2.41. The molecule has 0 aromatic heterocycles. The number of rotatable bonds is 3. The zero-order chi connectivity index (χ0) is 8.20. The van der Waals surface area contributed by atoms with Crippen molar-refractivity contribution in [3.05, 3.63) is 11.1 Å². The van der Waals surface area contributed by atoms with Crippen molar-refractivity contribution in [2.45, 2.75) is 13.8 Å². The average molecular weight is 202 g/mol. The molecule has 0 unspecified atom stereocenters. The zero-order valence-corrected chi connectivity index (χ0v) is 8.39. The molecule has 3 heteroatoms. The zero-order valence-electron chi connectivity index (χ0n) is 6.13. The third kappa shape index (κ3) is 2.69. The van der Waals surface area contributed by atoms with E-state index in [1.807, 2.05) is 13.8 Å². The van der Waals surface area contributed by atoms with E-state index in [0.29, 0.717) is 11.8 Å². The number of allylic oxidation sites excluding steroid dienone is 1. The van der Waals surface area contributed by atoms with Crippen molar-refractivity contribution < 1.29 is 0 Å². The lowest BCUT2D eigenvalue weighted by Crippen LogP contribution is -2.17. The lowest BCUT2D eigenvalue weighted by atomic mass is 9.88. The first-order valence-corrected chi connectivity index (χ1v) is 4.50. The molecule has 10 heavy (non-hydrogen) atoms. The Bertz CT molecular complexity index is 127. The number of hydrogen-bond donors (Lipinski definition) is 0. The first kappa shape index (κ1) is 10.6. The molecule has 0 amide bonds. The average Bonchev–Trinajstić information content (AvgIpc) is 1.90. The smallest absolute Gasteiger partial charge is 0.0450 e. The second kappa shape index (κ2) is 4.48. The van der Waals surface area contributed by atoms with Crippen LogP contribution in [0, 0.1) is 5.41 Å². The van der Waals surface area contributed by atoms with Crippen molar-refractivity contribution in [3.63, 3.8) is 0 Å². The van der Waals surface area contributed by atoms with E-state index in [4.69, 9.17) is 34.8 Å². The highest BCUT2D eigenvalue weighted by Crippen LogP contribution is 2.28. The fraction of sp³-hybridized carbons (Fsp3) is 0.714. The summed E-state index contributed by atoms with van der Waals surface area (Å²) >= 11 is 16.8. The van der Waals surface area contributed by atoms with E-state index in [-0.39, 0.29) is 5.41 Å². The van der Waals surface area contributed by atoms with Gasteiger partial charge >= 0.3 is 0 Å². The van der Waals surface area contributed by atoms with Gasteiger partial charge < -0.3 is 0 Å². The van der Waals surface area contributed by atoms with Gasteiger partial charge in [0.05, 0.1) is 0 Å². The highest BCUT2D eigenvalue weighted by atomic mass is 35.5. The number of hydrogen-bond acceptors (Lipinski definition) is 0. The molecular formula is C7H11Cl3. The van der Waals surface area contributed by atoms with Gasteiger partial charge in [0.1, 0.15) is 0 Å². The quantitative estimate of drug-likeness (QED) is 0.612. The molecule has 0 heterocycles. The van der Waals surface area contributed by atoms with Crippen LogP contribution in [0.3, 0.4) is 0 Å². The van der Waals surface area contributed by atoms with Crippen molar-refractivity contribution >= 4 is 34.8 Å². The van der Waals surface area contributed by atoms with E-state index in [1.54, 1.807) is 0 Å². The molecule has 0 saturated carbocycles. The van der Waals surface area contributed by atoms with Crippen LogP contribution in [-0.2, 0) is 0 Å². The van der Waals surface area contributed by atoms with Crippen molar-refractivity contribution in [3.8, 4) is 0 Å². The summed E-state index contributed by atoms with van der Waals surface area (Å²) < 4.78 is 0. The third-order valence-corrected chi connectivity index (χ3v) is 2.70. The normalized spacial score (nSPS) is 13.9. The molecule has 0 aliphatic rings. The topological polar surface area (TPSA) is 0 Å². The van der Waals surface area contributed by atoms with Gasteiger partial charge in [-0.2, -0.15) is 0 Å². The molecule has 0 aromatic rings. The molecule has 0 N–H and O–H groups in total. The van der Waals surface area contributed by atoms with Crippen LogP contribution in [0.4, 0.5) is 0 Å². The summed E-state index contributed by atoms with van der Waals surface area (Å²) in [7, 11) is 0. The second-order valence-corrected chi connectivity index (χ2v) is 3.54. The van der Waals surface area contributed by atoms with Crippen LogP contribution in [0.25, 0.3) is 0 Å². The summed E-state index contributed by atoms with van der Waals surface area (Å²) in [5, 5.41) is 0. The standard InChI is InChI=1S/C7H11Cl3/c1-7(2,5-10)6(3-8)4-9/h3H,4-5H2,1-2H3/b6-3+. The molecule has 60 valence electrons. The molecule has 0 radical (unpaired) electrons. The summed E-state index contributed by atoms with van der Waals surface area (Å²) in [6.45, 7) is 4.02. The van der Waals surface area contributed by atoms with E-state index in [1.165, 1.54) is 5.54 Å². The van der Waals surface area contributed by atoms with E-state index < -0.39 is 0 Å². The van der Waals surface area contributed by atoms with Crippen LogP contribution in [0.15, 0.2) is 11.1 Å². The minimum Gasteiger partial charge on any atom is -0.126 e. The van der Waals surface area contributed by atoms with Gasteiger partial charge in [0.15, 0.2) is 0 Å². The number of alkyl halides is 2. The molecule has 0 rings (SSSR count). The molecule has 0 saturated heterocycles. The second-order valence-electron chi connectivity index (χ2n) is 2.79. The lowest BCUT2D eigenvalue weighted by Gasteiger charge is -2.22. The summed E-state index contributed by atoms with van der Waals surface area (Å²) in [5.74, 6) is 0.988. The Morgan fingerprint density at radius 3 is 2.00 bits per heavy atom. The summed E-state index contributed by atoms with van der Waals surface area (Å²) in [4.78, 5) is 0. The maximum Gasteiger partial charge on any atom is 0.0450 e. The van der Waals surface area contributed by atoms with Crippen LogP contribution in [-0.4, -0.2) is 11.8 Å². The lowest BCUT2D eigenvalue weighted by molar-refractivity contribution is 0.514.